The van der Waals surface area contributed by atoms with Crippen LogP contribution in [0.15, 0.2) is 40.7 Å². The van der Waals surface area contributed by atoms with E-state index in [-0.39, 0.29) is 36.5 Å². The van der Waals surface area contributed by atoms with Gasteiger partial charge in [-0.1, -0.05) is 30.3 Å². The van der Waals surface area contributed by atoms with Crippen molar-refractivity contribution in [1.82, 2.24) is 15.6 Å². The van der Waals surface area contributed by atoms with Crippen molar-refractivity contribution in [2.24, 2.45) is 4.99 Å². The van der Waals surface area contributed by atoms with Gasteiger partial charge < -0.3 is 15.7 Å². The van der Waals surface area contributed by atoms with Gasteiger partial charge in [0.05, 0.1) is 11.6 Å². The minimum absolute atomic E-state index is 0. The molecule has 0 saturated heterocycles. The van der Waals surface area contributed by atoms with Crippen molar-refractivity contribution in [2.45, 2.75) is 18.5 Å². The summed E-state index contributed by atoms with van der Waals surface area (Å²) >= 11 is 0.990. The van der Waals surface area contributed by atoms with Gasteiger partial charge in [0.25, 0.3) is 0 Å². The summed E-state index contributed by atoms with van der Waals surface area (Å²) in [4.78, 5) is 7.67. The van der Waals surface area contributed by atoms with E-state index in [1.807, 2.05) is 30.3 Å². The second-order valence-electron chi connectivity index (χ2n) is 5.54. The van der Waals surface area contributed by atoms with Crippen LogP contribution in [0, 0.1) is 0 Å². The van der Waals surface area contributed by atoms with Crippen molar-refractivity contribution < 1.29 is 18.3 Å². The molecule has 0 fully saturated rings. The highest BCUT2D eigenvalue weighted by atomic mass is 127. The molecule has 0 aliphatic carbocycles. The van der Waals surface area contributed by atoms with Crippen molar-refractivity contribution in [3.05, 3.63) is 52.0 Å². The maximum absolute atomic E-state index is 12.5. The molecule has 10 heteroatoms. The summed E-state index contributed by atoms with van der Waals surface area (Å²) < 4.78 is 37.6. The normalized spacial score (nSPS) is 13.0. The molecule has 1 heterocycles. The second kappa shape index (κ2) is 11.4. The smallest absolute Gasteiger partial charge is 0.396 e. The molecule has 1 aromatic carbocycles. The molecule has 0 aliphatic rings. The van der Waals surface area contributed by atoms with Gasteiger partial charge in [-0.25, -0.2) is 4.98 Å². The molecular formula is C17H22F3IN4OS. The highest BCUT2D eigenvalue weighted by Crippen LogP contribution is 2.29. The molecule has 3 N–H and O–H groups in total. The minimum Gasteiger partial charge on any atom is -0.396 e. The standard InChI is InChI=1S/C17H21F3N4OS.HI/c1-21-16(23-9-13(10-25)12-5-3-2-4-6-12)22-8-7-15-24-14(11-26-15)17(18,19)20;/h2-6,11,13,25H,7-10H2,1H3,(H2,21,22,23);1H. The van der Waals surface area contributed by atoms with Crippen LogP contribution in [0.2, 0.25) is 0 Å². The molecule has 1 atom stereocenters. The third-order valence-electron chi connectivity index (χ3n) is 3.70. The predicted molar refractivity (Wildman–Crippen MR) is 112 cm³/mol. The number of hydrogen-bond donors (Lipinski definition) is 3. The van der Waals surface area contributed by atoms with Gasteiger partial charge in [0.15, 0.2) is 11.7 Å². The van der Waals surface area contributed by atoms with Crippen molar-refractivity contribution in [3.63, 3.8) is 0 Å². The Labute approximate surface area is 177 Å². The quantitative estimate of drug-likeness (QED) is 0.302. The van der Waals surface area contributed by atoms with Crippen LogP contribution in [0.3, 0.4) is 0 Å². The lowest BCUT2D eigenvalue weighted by Gasteiger charge is -2.18. The number of halogens is 4. The number of guanidine groups is 1. The lowest BCUT2D eigenvalue weighted by Crippen LogP contribution is -2.40. The van der Waals surface area contributed by atoms with Crippen LogP contribution in [0.4, 0.5) is 13.2 Å². The number of rotatable bonds is 7. The van der Waals surface area contributed by atoms with E-state index < -0.39 is 11.9 Å². The lowest BCUT2D eigenvalue weighted by molar-refractivity contribution is -0.140. The average molecular weight is 514 g/mol. The van der Waals surface area contributed by atoms with Crippen LogP contribution in [-0.4, -0.2) is 42.8 Å². The van der Waals surface area contributed by atoms with E-state index in [1.165, 1.54) is 0 Å². The number of alkyl halides is 3. The maximum Gasteiger partial charge on any atom is 0.434 e. The van der Waals surface area contributed by atoms with Gasteiger partial charge in [-0.3, -0.25) is 4.99 Å². The van der Waals surface area contributed by atoms with Gasteiger partial charge >= 0.3 is 6.18 Å². The van der Waals surface area contributed by atoms with E-state index in [9.17, 15) is 18.3 Å². The topological polar surface area (TPSA) is 69.5 Å². The Balaban J connectivity index is 0.00000364. The second-order valence-corrected chi connectivity index (χ2v) is 6.49. The summed E-state index contributed by atoms with van der Waals surface area (Å²) in [5.74, 6) is 0.440. The molecule has 2 rings (SSSR count). The Morgan fingerprint density at radius 1 is 1.26 bits per heavy atom. The maximum atomic E-state index is 12.5. The summed E-state index contributed by atoms with van der Waals surface area (Å²) in [6.45, 7) is 0.878. The largest absolute Gasteiger partial charge is 0.434 e. The zero-order valence-corrected chi connectivity index (χ0v) is 17.8. The number of nitrogens with one attached hydrogen (secondary N) is 2. The average Bonchev–Trinajstić information content (AvgIpc) is 3.11. The van der Waals surface area contributed by atoms with Crippen LogP contribution in [-0.2, 0) is 12.6 Å². The summed E-state index contributed by atoms with van der Waals surface area (Å²) in [6.07, 6.45) is -4.04. The molecule has 0 aliphatic heterocycles. The predicted octanol–water partition coefficient (Wildman–Crippen LogP) is 3.26. The number of aromatic nitrogens is 1. The highest BCUT2D eigenvalue weighted by molar-refractivity contribution is 14.0. The molecule has 0 amide bonds. The molecule has 27 heavy (non-hydrogen) atoms. The van der Waals surface area contributed by atoms with Crippen LogP contribution >= 0.6 is 35.3 Å². The minimum atomic E-state index is -4.41. The molecule has 1 unspecified atom stereocenters. The Morgan fingerprint density at radius 2 is 1.96 bits per heavy atom. The first-order valence-electron chi connectivity index (χ1n) is 8.06. The van der Waals surface area contributed by atoms with E-state index >= 15 is 0 Å². The molecule has 1 aromatic heterocycles. The molecule has 0 spiro atoms. The Bertz CT molecular complexity index is 710. The van der Waals surface area contributed by atoms with E-state index in [0.717, 1.165) is 22.3 Å². The number of aliphatic imine (C=N–C) groups is 1. The first-order valence-corrected chi connectivity index (χ1v) is 8.94. The first kappa shape index (κ1) is 23.6. The molecule has 2 aromatic rings. The van der Waals surface area contributed by atoms with E-state index in [1.54, 1.807) is 7.05 Å². The number of benzene rings is 1. The monoisotopic (exact) mass is 514 g/mol. The van der Waals surface area contributed by atoms with Crippen LogP contribution < -0.4 is 10.6 Å². The fourth-order valence-electron chi connectivity index (χ4n) is 2.30. The van der Waals surface area contributed by atoms with Crippen LogP contribution in [0.5, 0.6) is 0 Å². The number of hydrogen-bond acceptors (Lipinski definition) is 4. The van der Waals surface area contributed by atoms with Gasteiger partial charge in [-0.05, 0) is 5.56 Å². The van der Waals surface area contributed by atoms with Crippen molar-refractivity contribution in [3.8, 4) is 0 Å². The number of nitrogens with zero attached hydrogens (tertiary/aromatic N) is 2. The summed E-state index contributed by atoms with van der Waals surface area (Å²) in [5.41, 5.74) is 0.161. The SMILES string of the molecule is CN=C(NCCc1nc(C(F)(F)F)cs1)NCC(CO)c1ccccc1.I. The van der Waals surface area contributed by atoms with Crippen LogP contribution in [0.1, 0.15) is 22.2 Å². The lowest BCUT2D eigenvalue weighted by atomic mass is 10.0. The highest BCUT2D eigenvalue weighted by Gasteiger charge is 2.33. The van der Waals surface area contributed by atoms with Crippen molar-refractivity contribution in [2.75, 3.05) is 26.7 Å². The van der Waals surface area contributed by atoms with Gasteiger partial charge in [0, 0.05) is 37.9 Å². The van der Waals surface area contributed by atoms with Gasteiger partial charge in [0.2, 0.25) is 0 Å². The van der Waals surface area contributed by atoms with E-state index in [2.05, 4.69) is 20.6 Å². The van der Waals surface area contributed by atoms with Gasteiger partial charge in [-0.15, -0.1) is 35.3 Å². The van der Waals surface area contributed by atoms with Crippen LogP contribution in [0.25, 0.3) is 0 Å². The Morgan fingerprint density at radius 3 is 2.52 bits per heavy atom. The van der Waals surface area contributed by atoms with Gasteiger partial charge in [0.1, 0.15) is 0 Å². The fourth-order valence-corrected chi connectivity index (χ4v) is 3.10. The zero-order valence-electron chi connectivity index (χ0n) is 14.7. The third-order valence-corrected chi connectivity index (χ3v) is 4.61. The molecule has 0 radical (unpaired) electrons. The fraction of sp³-hybridized carbons (Fsp3) is 0.412. The van der Waals surface area contributed by atoms with Crippen molar-refractivity contribution >= 4 is 41.3 Å². The summed E-state index contributed by atoms with van der Waals surface area (Å²) in [5, 5.41) is 17.2. The summed E-state index contributed by atoms with van der Waals surface area (Å²) in [6, 6.07) is 9.62. The van der Waals surface area contributed by atoms with Crippen molar-refractivity contribution in [1.29, 1.82) is 0 Å². The molecule has 0 saturated carbocycles. The molecule has 5 nitrogen and oxygen atoms in total. The Kier molecular flexibility index (Phi) is 10.0. The number of aliphatic hydroxyl groups excluding tert-OH is 1. The first-order chi connectivity index (χ1) is 12.4. The summed E-state index contributed by atoms with van der Waals surface area (Å²) in [7, 11) is 1.61. The molecule has 150 valence electrons. The number of thiazole rings is 1. The zero-order chi connectivity index (χ0) is 19.0. The number of aliphatic hydroxyl groups is 1. The van der Waals surface area contributed by atoms with Gasteiger partial charge in [-0.2, -0.15) is 13.2 Å². The van der Waals surface area contributed by atoms with E-state index in [0.29, 0.717) is 30.5 Å². The van der Waals surface area contributed by atoms with E-state index in [4.69, 9.17) is 0 Å². The Hall–Kier alpha value is -1.40. The molecular weight excluding hydrogens is 492 g/mol. The molecule has 0 bridgehead atoms. The third kappa shape index (κ3) is 7.62.